The molecule has 0 N–H and O–H groups in total. The minimum atomic E-state index is -1.91. The molecule has 0 atom stereocenters. The van der Waals surface area contributed by atoms with E-state index in [2.05, 4.69) is 27.8 Å². The van der Waals surface area contributed by atoms with Crippen LogP contribution in [0.5, 0.6) is 0 Å². The van der Waals surface area contributed by atoms with E-state index in [0.29, 0.717) is 0 Å². The van der Waals surface area contributed by atoms with Gasteiger partial charge in [-0.25, -0.2) is 0 Å². The van der Waals surface area contributed by atoms with Crippen LogP contribution in [-0.2, 0) is 0 Å². The number of aryl methyl sites for hydroxylation is 1. The van der Waals surface area contributed by atoms with Gasteiger partial charge in [-0.3, -0.25) is 0 Å². The first kappa shape index (κ1) is 10.1. The Morgan fingerprint density at radius 2 is 2.00 bits per heavy atom. The van der Waals surface area contributed by atoms with E-state index in [1.807, 2.05) is 6.07 Å². The van der Waals surface area contributed by atoms with E-state index in [1.54, 1.807) is 11.3 Å². The molecule has 0 amide bonds. The van der Waals surface area contributed by atoms with Crippen LogP contribution < -0.4 is 2.89 Å². The monoisotopic (exact) mass is 287 g/mol. The number of nitriles is 1. The Bertz CT molecular complexity index is 327. The summed E-state index contributed by atoms with van der Waals surface area (Å²) in [7, 11) is 0. The molecule has 0 aliphatic heterocycles. The third-order valence-corrected chi connectivity index (χ3v) is 12.7. The van der Waals surface area contributed by atoms with Crippen molar-refractivity contribution in [3.8, 4) is 6.07 Å². The van der Waals surface area contributed by atoms with Gasteiger partial charge in [-0.05, 0) is 0 Å². The molecule has 0 unspecified atom stereocenters. The molecule has 0 aliphatic carbocycles. The van der Waals surface area contributed by atoms with Crippen LogP contribution in [0.2, 0.25) is 14.8 Å². The van der Waals surface area contributed by atoms with Crippen LogP contribution in [-0.4, -0.2) is 18.4 Å². The quantitative estimate of drug-likeness (QED) is 0.727. The van der Waals surface area contributed by atoms with Gasteiger partial charge in [0.2, 0.25) is 0 Å². The first-order valence-electron chi connectivity index (χ1n) is 3.96. The van der Waals surface area contributed by atoms with Gasteiger partial charge in [-0.1, -0.05) is 0 Å². The van der Waals surface area contributed by atoms with Crippen molar-refractivity contribution < 1.29 is 0 Å². The number of thiophene rings is 1. The second-order valence-electron chi connectivity index (χ2n) is 3.98. The van der Waals surface area contributed by atoms with Crippen molar-refractivity contribution >= 4 is 32.6 Å². The first-order valence-corrected chi connectivity index (χ1v) is 14.8. The Labute approximate surface area is 81.9 Å². The van der Waals surface area contributed by atoms with Crippen molar-refractivity contribution in [1.82, 2.24) is 0 Å². The molecule has 1 nitrogen and oxygen atoms in total. The molecule has 0 saturated heterocycles. The predicted octanol–water partition coefficient (Wildman–Crippen LogP) is 2.47. The van der Waals surface area contributed by atoms with Gasteiger partial charge in [-0.15, -0.1) is 0 Å². The molecule has 1 aromatic heterocycles. The number of hydrogen-bond donors (Lipinski definition) is 0. The number of hydrogen-bond acceptors (Lipinski definition) is 2. The van der Waals surface area contributed by atoms with Crippen molar-refractivity contribution in [3.63, 3.8) is 0 Å². The topological polar surface area (TPSA) is 23.8 Å². The van der Waals surface area contributed by atoms with Gasteiger partial charge in [-0.2, -0.15) is 0 Å². The molecule has 0 saturated carbocycles. The van der Waals surface area contributed by atoms with Gasteiger partial charge in [0, 0.05) is 0 Å². The standard InChI is InChI=1S/C6H4NS.3CH3.Sn/c1-5-2-6(3-7)8-4-5;;;;/h2H,1H3;3*1H3;. The van der Waals surface area contributed by atoms with Gasteiger partial charge < -0.3 is 0 Å². The van der Waals surface area contributed by atoms with E-state index < -0.39 is 18.4 Å². The second kappa shape index (κ2) is 3.39. The summed E-state index contributed by atoms with van der Waals surface area (Å²) < 4.78 is 1.53. The van der Waals surface area contributed by atoms with E-state index in [1.165, 1.54) is 8.46 Å². The molecule has 0 radical (unpaired) electrons. The predicted molar refractivity (Wildman–Crippen MR) is 56.8 cm³/mol. The van der Waals surface area contributed by atoms with Crippen molar-refractivity contribution in [3.05, 3.63) is 16.5 Å². The van der Waals surface area contributed by atoms with E-state index in [0.717, 1.165) is 4.88 Å². The van der Waals surface area contributed by atoms with Crippen LogP contribution in [0.25, 0.3) is 0 Å². The van der Waals surface area contributed by atoms with Crippen LogP contribution in [0, 0.1) is 18.3 Å². The van der Waals surface area contributed by atoms with Crippen molar-refractivity contribution in [2.75, 3.05) is 0 Å². The zero-order valence-electron chi connectivity index (χ0n) is 7.93. The maximum atomic E-state index is 8.72. The summed E-state index contributed by atoms with van der Waals surface area (Å²) in [5, 5.41) is 8.72. The molecule has 0 bridgehead atoms. The van der Waals surface area contributed by atoms with E-state index in [9.17, 15) is 0 Å². The van der Waals surface area contributed by atoms with Crippen molar-refractivity contribution in [1.29, 1.82) is 5.26 Å². The normalized spacial score (nSPS) is 11.2. The molecule has 0 aromatic carbocycles. The molecular weight excluding hydrogens is 273 g/mol. The molecular formula is C9H13NSSn. The average Bonchev–Trinajstić information content (AvgIpc) is 2.29. The fourth-order valence-corrected chi connectivity index (χ4v) is 9.45. The Morgan fingerprint density at radius 3 is 2.25 bits per heavy atom. The zero-order chi connectivity index (χ0) is 9.35. The molecule has 12 heavy (non-hydrogen) atoms. The van der Waals surface area contributed by atoms with Gasteiger partial charge in [0.15, 0.2) is 0 Å². The van der Waals surface area contributed by atoms with E-state index >= 15 is 0 Å². The second-order valence-corrected chi connectivity index (χ2v) is 20.3. The average molecular weight is 286 g/mol. The van der Waals surface area contributed by atoms with Gasteiger partial charge in [0.25, 0.3) is 0 Å². The summed E-state index contributed by atoms with van der Waals surface area (Å²) in [6.07, 6.45) is 0. The van der Waals surface area contributed by atoms with Crippen LogP contribution in [0.15, 0.2) is 6.07 Å². The molecule has 64 valence electrons. The Hall–Kier alpha value is -0.0113. The fraction of sp³-hybridized carbons (Fsp3) is 0.444. The molecule has 0 spiro atoms. The van der Waals surface area contributed by atoms with Gasteiger partial charge >= 0.3 is 82.2 Å². The van der Waals surface area contributed by atoms with Crippen molar-refractivity contribution in [2.24, 2.45) is 0 Å². The number of rotatable bonds is 1. The van der Waals surface area contributed by atoms with Crippen molar-refractivity contribution in [2.45, 2.75) is 21.7 Å². The maximum absolute atomic E-state index is 8.72. The summed E-state index contributed by atoms with van der Waals surface area (Å²) in [5.41, 5.74) is 1.33. The Kier molecular flexibility index (Phi) is 2.84. The third kappa shape index (κ3) is 2.02. The summed E-state index contributed by atoms with van der Waals surface area (Å²) in [6.45, 7) is 2.12. The minimum absolute atomic E-state index is 0.870. The molecule has 0 aliphatic rings. The fourth-order valence-electron chi connectivity index (χ4n) is 1.28. The SMILES string of the molecule is Cc1cc(C#N)s[c]1[Sn]([CH3])([CH3])[CH3]. The zero-order valence-corrected chi connectivity index (χ0v) is 11.6. The molecule has 1 aromatic rings. The van der Waals surface area contributed by atoms with Gasteiger partial charge in [0.05, 0.1) is 0 Å². The molecule has 1 rings (SSSR count). The van der Waals surface area contributed by atoms with Gasteiger partial charge in [0.1, 0.15) is 0 Å². The van der Waals surface area contributed by atoms with E-state index in [4.69, 9.17) is 5.26 Å². The Balaban J connectivity index is 3.19. The van der Waals surface area contributed by atoms with Crippen LogP contribution in [0.4, 0.5) is 0 Å². The first-order chi connectivity index (χ1) is 5.45. The summed E-state index contributed by atoms with van der Waals surface area (Å²) in [4.78, 5) is 8.02. The molecule has 3 heteroatoms. The summed E-state index contributed by atoms with van der Waals surface area (Å²) in [5.74, 6) is 0. The van der Waals surface area contributed by atoms with Crippen LogP contribution in [0.3, 0.4) is 0 Å². The summed E-state index contributed by atoms with van der Waals surface area (Å²) in [6, 6.07) is 4.23. The van der Waals surface area contributed by atoms with Crippen LogP contribution >= 0.6 is 11.3 Å². The summed E-state index contributed by atoms with van der Waals surface area (Å²) >= 11 is -0.212. The Morgan fingerprint density at radius 1 is 1.42 bits per heavy atom. The van der Waals surface area contributed by atoms with Crippen LogP contribution in [0.1, 0.15) is 10.4 Å². The molecule has 0 fully saturated rings. The molecule has 1 heterocycles. The van der Waals surface area contributed by atoms with E-state index in [-0.39, 0.29) is 0 Å². The third-order valence-electron chi connectivity index (χ3n) is 1.71. The number of nitrogens with zero attached hydrogens (tertiary/aromatic N) is 1.